The van der Waals surface area contributed by atoms with Gasteiger partial charge >= 0.3 is 0 Å². The fourth-order valence-electron chi connectivity index (χ4n) is 2.17. The average molecular weight is 276 g/mol. The molecule has 20 heavy (non-hydrogen) atoms. The van der Waals surface area contributed by atoms with Gasteiger partial charge in [0.1, 0.15) is 5.84 Å². The Labute approximate surface area is 115 Å². The second-order valence-corrected chi connectivity index (χ2v) is 4.68. The molecule has 1 fully saturated rings. The van der Waals surface area contributed by atoms with Crippen LogP contribution in [0.4, 0.5) is 5.95 Å². The molecule has 3 heterocycles. The molecule has 2 aromatic rings. The van der Waals surface area contributed by atoms with E-state index in [0.29, 0.717) is 30.3 Å². The maximum Gasteiger partial charge on any atom is 0.280 e. The summed E-state index contributed by atoms with van der Waals surface area (Å²) in [5.41, 5.74) is 0.585. The van der Waals surface area contributed by atoms with Crippen LogP contribution in [0.3, 0.4) is 0 Å². The molecule has 2 aromatic heterocycles. The molecule has 1 saturated heterocycles. The fraction of sp³-hybridized carbons (Fsp3) is 0.500. The summed E-state index contributed by atoms with van der Waals surface area (Å²) >= 11 is 0. The number of imidazole rings is 1. The van der Waals surface area contributed by atoms with Crippen LogP contribution in [0.1, 0.15) is 6.92 Å². The molecule has 1 aliphatic rings. The summed E-state index contributed by atoms with van der Waals surface area (Å²) in [5.74, 6) is 1.12. The number of ether oxygens (including phenoxy) is 1. The van der Waals surface area contributed by atoms with E-state index in [0.717, 1.165) is 18.9 Å². The van der Waals surface area contributed by atoms with Gasteiger partial charge in [-0.2, -0.15) is 4.98 Å². The Hall–Kier alpha value is -2.22. The Kier molecular flexibility index (Phi) is 3.23. The number of fused-ring (bicyclic) bond motifs is 1. The molecule has 0 aromatic carbocycles. The van der Waals surface area contributed by atoms with Gasteiger partial charge in [0.05, 0.1) is 19.5 Å². The van der Waals surface area contributed by atoms with E-state index in [1.165, 1.54) is 0 Å². The van der Waals surface area contributed by atoms with E-state index in [1.807, 2.05) is 6.92 Å². The van der Waals surface area contributed by atoms with Gasteiger partial charge in [0.25, 0.3) is 5.56 Å². The van der Waals surface area contributed by atoms with Crippen LogP contribution < -0.4 is 5.56 Å². The van der Waals surface area contributed by atoms with Gasteiger partial charge in [-0.05, 0) is 6.92 Å². The Balaban J connectivity index is 1.97. The largest absolute Gasteiger partial charge is 0.378 e. The van der Waals surface area contributed by atoms with Crippen molar-refractivity contribution in [3.8, 4) is 0 Å². The predicted molar refractivity (Wildman–Crippen MR) is 74.3 cm³/mol. The Morgan fingerprint density at radius 3 is 2.95 bits per heavy atom. The van der Waals surface area contributed by atoms with E-state index < -0.39 is 0 Å². The van der Waals surface area contributed by atoms with Crippen molar-refractivity contribution in [1.29, 1.82) is 0 Å². The molecule has 8 nitrogen and oxygen atoms in total. The number of hydrogen-bond donors (Lipinski definition) is 1. The first-order chi connectivity index (χ1) is 9.65. The minimum absolute atomic E-state index is 0.274. The monoisotopic (exact) mass is 276 g/mol. The van der Waals surface area contributed by atoms with Crippen molar-refractivity contribution in [2.24, 2.45) is 12.0 Å². The molecular weight excluding hydrogens is 260 g/mol. The Morgan fingerprint density at radius 2 is 2.20 bits per heavy atom. The van der Waals surface area contributed by atoms with Crippen molar-refractivity contribution < 1.29 is 4.74 Å². The number of aromatic amines is 1. The van der Waals surface area contributed by atoms with E-state index in [4.69, 9.17) is 4.74 Å². The first kappa shape index (κ1) is 12.8. The molecule has 0 radical (unpaired) electrons. The van der Waals surface area contributed by atoms with Crippen LogP contribution in [-0.4, -0.2) is 56.6 Å². The molecule has 1 aliphatic heterocycles. The van der Waals surface area contributed by atoms with Crippen LogP contribution in [0.25, 0.3) is 11.2 Å². The summed E-state index contributed by atoms with van der Waals surface area (Å²) in [4.78, 5) is 29.4. The number of aromatic nitrogens is 4. The number of aryl methyl sites for hydroxylation is 1. The van der Waals surface area contributed by atoms with Crippen molar-refractivity contribution in [1.82, 2.24) is 24.4 Å². The summed E-state index contributed by atoms with van der Waals surface area (Å²) in [5, 5.41) is 0. The maximum absolute atomic E-state index is 11.9. The summed E-state index contributed by atoms with van der Waals surface area (Å²) in [6.07, 6.45) is 1.56. The topological polar surface area (TPSA) is 88.4 Å². The molecule has 0 saturated carbocycles. The van der Waals surface area contributed by atoms with Crippen molar-refractivity contribution in [2.75, 3.05) is 26.3 Å². The lowest BCUT2D eigenvalue weighted by Crippen LogP contribution is -2.39. The standard InChI is InChI=1S/C12H16N6O2/c1-8(18-3-5-20-6-4-18)14-12-15-10-9(11(19)16-12)13-7-17(10)2/h7H,3-6H2,1-2H3,(H,15,16,19). The number of amidine groups is 1. The zero-order valence-electron chi connectivity index (χ0n) is 11.5. The van der Waals surface area contributed by atoms with Gasteiger partial charge in [0, 0.05) is 20.1 Å². The lowest BCUT2D eigenvalue weighted by atomic mass is 10.4. The number of rotatable bonds is 1. The molecule has 3 rings (SSSR count). The summed E-state index contributed by atoms with van der Waals surface area (Å²) < 4.78 is 7.00. The SMILES string of the molecule is CC(=Nc1nc2c(ncn2C)c(=O)[nH]1)N1CCOCC1. The second-order valence-electron chi connectivity index (χ2n) is 4.68. The zero-order chi connectivity index (χ0) is 14.1. The van der Waals surface area contributed by atoms with Gasteiger partial charge < -0.3 is 14.2 Å². The lowest BCUT2D eigenvalue weighted by molar-refractivity contribution is 0.0678. The summed E-state index contributed by atoms with van der Waals surface area (Å²) in [7, 11) is 1.80. The molecule has 0 atom stereocenters. The lowest BCUT2D eigenvalue weighted by Gasteiger charge is -2.28. The van der Waals surface area contributed by atoms with Crippen molar-refractivity contribution >= 4 is 22.9 Å². The number of nitrogens with zero attached hydrogens (tertiary/aromatic N) is 5. The second kappa shape index (κ2) is 5.04. The predicted octanol–water partition coefficient (Wildman–Crippen LogP) is 0.0387. The van der Waals surface area contributed by atoms with Gasteiger partial charge in [0.2, 0.25) is 5.95 Å². The highest BCUT2D eigenvalue weighted by molar-refractivity contribution is 5.82. The van der Waals surface area contributed by atoms with Crippen LogP contribution in [0, 0.1) is 0 Å². The third kappa shape index (κ3) is 2.29. The molecule has 0 spiro atoms. The minimum atomic E-state index is -0.274. The van der Waals surface area contributed by atoms with Crippen molar-refractivity contribution in [3.63, 3.8) is 0 Å². The van der Waals surface area contributed by atoms with Gasteiger partial charge in [-0.1, -0.05) is 0 Å². The quantitative estimate of drug-likeness (QED) is 0.587. The Morgan fingerprint density at radius 1 is 1.45 bits per heavy atom. The molecular formula is C12H16N6O2. The smallest absolute Gasteiger partial charge is 0.280 e. The van der Waals surface area contributed by atoms with Crippen LogP contribution in [-0.2, 0) is 11.8 Å². The number of aliphatic imine (C=N–C) groups is 1. The van der Waals surface area contributed by atoms with Gasteiger partial charge in [-0.3, -0.25) is 9.78 Å². The van der Waals surface area contributed by atoms with Gasteiger partial charge in [-0.25, -0.2) is 9.98 Å². The molecule has 0 aliphatic carbocycles. The first-order valence-corrected chi connectivity index (χ1v) is 6.44. The molecule has 0 amide bonds. The highest BCUT2D eigenvalue weighted by Gasteiger charge is 2.13. The van der Waals surface area contributed by atoms with Crippen molar-refractivity contribution in [2.45, 2.75) is 6.92 Å². The molecule has 0 unspecified atom stereocenters. The van der Waals surface area contributed by atoms with E-state index >= 15 is 0 Å². The number of morpholine rings is 1. The molecule has 8 heteroatoms. The van der Waals surface area contributed by atoms with E-state index in [9.17, 15) is 4.79 Å². The van der Waals surface area contributed by atoms with Gasteiger partial charge in [-0.15, -0.1) is 0 Å². The van der Waals surface area contributed by atoms with Crippen molar-refractivity contribution in [3.05, 3.63) is 16.7 Å². The molecule has 106 valence electrons. The summed E-state index contributed by atoms with van der Waals surface area (Å²) in [6, 6.07) is 0. The van der Waals surface area contributed by atoms with E-state index in [1.54, 1.807) is 17.9 Å². The highest BCUT2D eigenvalue weighted by atomic mass is 16.5. The van der Waals surface area contributed by atoms with Crippen LogP contribution in [0.15, 0.2) is 16.1 Å². The Bertz CT molecular complexity index is 710. The van der Waals surface area contributed by atoms with E-state index in [2.05, 4.69) is 24.8 Å². The molecule has 0 bridgehead atoms. The zero-order valence-corrected chi connectivity index (χ0v) is 11.5. The number of H-pyrrole nitrogens is 1. The normalized spacial score (nSPS) is 16.9. The third-order valence-electron chi connectivity index (χ3n) is 3.29. The van der Waals surface area contributed by atoms with Crippen LogP contribution >= 0.6 is 0 Å². The first-order valence-electron chi connectivity index (χ1n) is 6.44. The van der Waals surface area contributed by atoms with Gasteiger partial charge in [0.15, 0.2) is 11.2 Å². The average Bonchev–Trinajstić information content (AvgIpc) is 2.82. The fourth-order valence-corrected chi connectivity index (χ4v) is 2.17. The number of nitrogens with one attached hydrogen (secondary N) is 1. The maximum atomic E-state index is 11.9. The summed E-state index contributed by atoms with van der Waals surface area (Å²) in [6.45, 7) is 4.88. The minimum Gasteiger partial charge on any atom is -0.378 e. The molecule has 1 N–H and O–H groups in total. The number of hydrogen-bond acceptors (Lipinski definition) is 5. The van der Waals surface area contributed by atoms with E-state index in [-0.39, 0.29) is 5.56 Å². The van der Waals surface area contributed by atoms with Crippen LogP contribution in [0.5, 0.6) is 0 Å². The highest BCUT2D eigenvalue weighted by Crippen LogP contribution is 2.10. The third-order valence-corrected chi connectivity index (χ3v) is 3.29. The van der Waals surface area contributed by atoms with Crippen LogP contribution in [0.2, 0.25) is 0 Å².